The summed E-state index contributed by atoms with van der Waals surface area (Å²) in [5.41, 5.74) is 2.48. The van der Waals surface area contributed by atoms with Crippen LogP contribution in [0.5, 0.6) is 0 Å². The number of piperazine rings is 1. The van der Waals surface area contributed by atoms with Gasteiger partial charge in [-0.25, -0.2) is 4.39 Å². The van der Waals surface area contributed by atoms with E-state index in [2.05, 4.69) is 52.0 Å². The van der Waals surface area contributed by atoms with Gasteiger partial charge in [-0.1, -0.05) is 17.3 Å². The summed E-state index contributed by atoms with van der Waals surface area (Å²) < 4.78 is 21.2. The highest BCUT2D eigenvalue weighted by Gasteiger charge is 2.21. The molecular formula is C22H29FN6O. The molecule has 0 atom stereocenters. The third kappa shape index (κ3) is 4.76. The van der Waals surface area contributed by atoms with E-state index >= 15 is 0 Å². The molecule has 2 aromatic heterocycles. The van der Waals surface area contributed by atoms with Gasteiger partial charge in [0.25, 0.3) is 0 Å². The van der Waals surface area contributed by atoms with Crippen molar-refractivity contribution in [2.75, 3.05) is 26.2 Å². The Balaban J connectivity index is 1.29. The van der Waals surface area contributed by atoms with Gasteiger partial charge in [-0.05, 0) is 39.3 Å². The van der Waals surface area contributed by atoms with Gasteiger partial charge in [0.2, 0.25) is 11.7 Å². The minimum Gasteiger partial charge on any atom is -0.338 e. The number of hydrogen-bond acceptors (Lipinski definition) is 6. The van der Waals surface area contributed by atoms with E-state index in [1.165, 1.54) is 11.6 Å². The van der Waals surface area contributed by atoms with E-state index < -0.39 is 0 Å². The lowest BCUT2D eigenvalue weighted by molar-refractivity contribution is 0.112. The molecule has 0 radical (unpaired) electrons. The smallest absolute Gasteiger partial charge is 0.241 e. The molecule has 160 valence electrons. The fraction of sp³-hybridized carbons (Fsp3) is 0.500. The van der Waals surface area contributed by atoms with E-state index in [0.717, 1.165) is 32.7 Å². The van der Waals surface area contributed by atoms with Crippen molar-refractivity contribution in [3.8, 4) is 11.4 Å². The zero-order chi connectivity index (χ0) is 21.3. The average molecular weight is 413 g/mol. The fourth-order valence-electron chi connectivity index (χ4n) is 3.53. The van der Waals surface area contributed by atoms with Crippen molar-refractivity contribution >= 4 is 0 Å². The maximum atomic E-state index is 13.8. The molecule has 30 heavy (non-hydrogen) atoms. The number of hydrogen-bond donors (Lipinski definition) is 0. The highest BCUT2D eigenvalue weighted by atomic mass is 19.1. The highest BCUT2D eigenvalue weighted by Crippen LogP contribution is 2.20. The van der Waals surface area contributed by atoms with Crippen LogP contribution in [0, 0.1) is 12.7 Å². The summed E-state index contributed by atoms with van der Waals surface area (Å²) in [6, 6.07) is 4.99. The van der Waals surface area contributed by atoms with Crippen LogP contribution in [0.1, 0.15) is 37.8 Å². The van der Waals surface area contributed by atoms with Crippen LogP contribution in [0.3, 0.4) is 0 Å². The molecule has 3 aromatic rings. The number of rotatable bonds is 5. The Bertz CT molecular complexity index is 997. The Labute approximate surface area is 176 Å². The first-order valence-corrected chi connectivity index (χ1v) is 10.4. The Kier molecular flexibility index (Phi) is 5.71. The molecule has 1 saturated heterocycles. The zero-order valence-electron chi connectivity index (χ0n) is 18.1. The fourth-order valence-corrected chi connectivity index (χ4v) is 3.53. The van der Waals surface area contributed by atoms with Crippen LogP contribution in [0.4, 0.5) is 4.39 Å². The first kappa shape index (κ1) is 20.7. The maximum absolute atomic E-state index is 13.8. The number of aryl methyl sites for hydroxylation is 1. The standard InChI is InChI=1S/C22H29FN6O/c1-16-5-6-18(11-19(16)23)21-25-20(30-26-21)15-28-9-7-27(8-10-28)13-17-12-24-29(14-17)22(2,3)4/h5-6,11-12,14H,7-10,13,15H2,1-4H3. The predicted molar refractivity (Wildman–Crippen MR) is 112 cm³/mol. The zero-order valence-corrected chi connectivity index (χ0v) is 18.1. The summed E-state index contributed by atoms with van der Waals surface area (Å²) in [5.74, 6) is 0.729. The van der Waals surface area contributed by atoms with Crippen LogP contribution in [-0.4, -0.2) is 55.9 Å². The largest absolute Gasteiger partial charge is 0.338 e. The van der Waals surface area contributed by atoms with E-state index in [9.17, 15) is 4.39 Å². The minimum absolute atomic E-state index is 0.00419. The molecule has 0 bridgehead atoms. The molecule has 1 aromatic carbocycles. The molecule has 1 fully saturated rings. The van der Waals surface area contributed by atoms with E-state index in [0.29, 0.717) is 29.4 Å². The van der Waals surface area contributed by atoms with Crippen molar-refractivity contribution in [3.63, 3.8) is 0 Å². The summed E-state index contributed by atoms with van der Waals surface area (Å²) in [4.78, 5) is 9.19. The van der Waals surface area contributed by atoms with Gasteiger partial charge >= 0.3 is 0 Å². The lowest BCUT2D eigenvalue weighted by Crippen LogP contribution is -2.45. The molecule has 7 nitrogen and oxygen atoms in total. The predicted octanol–water partition coefficient (Wildman–Crippen LogP) is 3.45. The quantitative estimate of drug-likeness (QED) is 0.640. The number of aromatic nitrogens is 4. The van der Waals surface area contributed by atoms with Crippen LogP contribution < -0.4 is 0 Å². The van der Waals surface area contributed by atoms with E-state index in [1.807, 2.05) is 16.9 Å². The van der Waals surface area contributed by atoms with Gasteiger partial charge in [0.15, 0.2) is 0 Å². The van der Waals surface area contributed by atoms with Crippen molar-refractivity contribution in [1.82, 2.24) is 29.7 Å². The summed E-state index contributed by atoms with van der Waals surface area (Å²) in [6.07, 6.45) is 4.10. The van der Waals surface area contributed by atoms with E-state index in [-0.39, 0.29) is 11.4 Å². The molecule has 0 amide bonds. The van der Waals surface area contributed by atoms with Crippen molar-refractivity contribution in [2.24, 2.45) is 0 Å². The van der Waals surface area contributed by atoms with Crippen molar-refractivity contribution < 1.29 is 8.91 Å². The molecule has 0 aliphatic carbocycles. The number of halogens is 1. The van der Waals surface area contributed by atoms with Gasteiger partial charge in [0.05, 0.1) is 18.3 Å². The normalized spacial score (nSPS) is 16.3. The molecule has 0 unspecified atom stereocenters. The van der Waals surface area contributed by atoms with Crippen molar-refractivity contribution in [3.05, 3.63) is 53.4 Å². The van der Waals surface area contributed by atoms with Crippen LogP contribution in [-0.2, 0) is 18.6 Å². The molecule has 4 rings (SSSR count). The van der Waals surface area contributed by atoms with E-state index in [4.69, 9.17) is 4.52 Å². The molecule has 3 heterocycles. The van der Waals surface area contributed by atoms with Gasteiger partial charge in [0, 0.05) is 50.0 Å². The van der Waals surface area contributed by atoms with Crippen LogP contribution in [0.2, 0.25) is 0 Å². The second-order valence-corrected chi connectivity index (χ2v) is 8.99. The van der Waals surface area contributed by atoms with Crippen LogP contribution in [0.25, 0.3) is 11.4 Å². The number of benzene rings is 1. The summed E-state index contributed by atoms with van der Waals surface area (Å²) in [7, 11) is 0. The molecule has 1 aliphatic heterocycles. The Morgan fingerprint density at radius 2 is 1.77 bits per heavy atom. The average Bonchev–Trinajstić information content (AvgIpc) is 3.35. The third-order valence-electron chi connectivity index (χ3n) is 5.45. The Hall–Kier alpha value is -2.58. The maximum Gasteiger partial charge on any atom is 0.241 e. The lowest BCUT2D eigenvalue weighted by atomic mass is 10.1. The SMILES string of the molecule is Cc1ccc(-c2noc(CN3CCN(Cc4cnn(C(C)(C)C)c4)CC3)n2)cc1F. The topological polar surface area (TPSA) is 63.2 Å². The number of nitrogens with zero attached hydrogens (tertiary/aromatic N) is 6. The third-order valence-corrected chi connectivity index (χ3v) is 5.45. The van der Waals surface area contributed by atoms with Gasteiger partial charge in [0.1, 0.15) is 5.82 Å². The van der Waals surface area contributed by atoms with Crippen molar-refractivity contribution in [1.29, 1.82) is 0 Å². The summed E-state index contributed by atoms with van der Waals surface area (Å²) >= 11 is 0. The van der Waals surface area contributed by atoms with Crippen molar-refractivity contribution in [2.45, 2.75) is 46.3 Å². The Morgan fingerprint density at radius 1 is 1.07 bits per heavy atom. The molecule has 0 spiro atoms. The first-order chi connectivity index (χ1) is 14.3. The van der Waals surface area contributed by atoms with Gasteiger partial charge in [-0.2, -0.15) is 10.1 Å². The molecule has 0 saturated carbocycles. The molecule has 1 aliphatic rings. The second kappa shape index (κ2) is 8.28. The van der Waals surface area contributed by atoms with Crippen LogP contribution in [0.15, 0.2) is 35.1 Å². The van der Waals surface area contributed by atoms with Gasteiger partial charge in [-0.3, -0.25) is 14.5 Å². The molecular weight excluding hydrogens is 383 g/mol. The highest BCUT2D eigenvalue weighted by molar-refractivity contribution is 5.54. The summed E-state index contributed by atoms with van der Waals surface area (Å²) in [5, 5.41) is 8.51. The van der Waals surface area contributed by atoms with Gasteiger partial charge in [-0.15, -0.1) is 0 Å². The molecule has 0 N–H and O–H groups in total. The summed E-state index contributed by atoms with van der Waals surface area (Å²) in [6.45, 7) is 13.5. The lowest BCUT2D eigenvalue weighted by Gasteiger charge is -2.33. The molecule has 8 heteroatoms. The van der Waals surface area contributed by atoms with E-state index in [1.54, 1.807) is 13.0 Å². The van der Waals surface area contributed by atoms with Crippen LogP contribution >= 0.6 is 0 Å². The monoisotopic (exact) mass is 412 g/mol. The first-order valence-electron chi connectivity index (χ1n) is 10.4. The Morgan fingerprint density at radius 3 is 2.40 bits per heavy atom. The minimum atomic E-state index is -0.261. The second-order valence-electron chi connectivity index (χ2n) is 8.99. The van der Waals surface area contributed by atoms with Gasteiger partial charge < -0.3 is 4.52 Å².